The quantitative estimate of drug-likeness (QED) is 0.783. The molecule has 0 unspecified atom stereocenters. The zero-order chi connectivity index (χ0) is 11.8. The van der Waals surface area contributed by atoms with Crippen molar-refractivity contribution in [2.24, 2.45) is 5.92 Å². The monoisotopic (exact) mass is 210 g/mol. The molecule has 0 spiro atoms. The number of carbonyl (C=O) groups is 2. The number of aliphatic carboxylic acids is 1. The van der Waals surface area contributed by atoms with E-state index >= 15 is 0 Å². The first kappa shape index (κ1) is 13.2. The predicted octanol–water partition coefficient (Wildman–Crippen LogP) is 2.11. The highest BCUT2D eigenvalue weighted by atomic mass is 16.4. The molecule has 0 aromatic heterocycles. The molecule has 0 fully saturated rings. The number of carboxylic acid groups (broad SMARTS) is 2. The van der Waals surface area contributed by atoms with Gasteiger partial charge in [-0.1, -0.05) is 32.0 Å². The first-order valence-electron chi connectivity index (χ1n) is 4.46. The molecule has 1 aromatic rings. The first-order valence-corrected chi connectivity index (χ1v) is 4.46. The van der Waals surface area contributed by atoms with Crippen LogP contribution in [0.25, 0.3) is 0 Å². The Bertz CT molecular complexity index is 317. The van der Waals surface area contributed by atoms with Crippen molar-refractivity contribution in [2.45, 2.75) is 13.8 Å². The number of hydrogen-bond donors (Lipinski definition) is 2. The molecule has 0 heterocycles. The molecule has 82 valence electrons. The van der Waals surface area contributed by atoms with E-state index in [9.17, 15) is 9.59 Å². The molecule has 0 saturated carbocycles. The fraction of sp³-hybridized carbons (Fsp3) is 0.273. The molecule has 2 N–H and O–H groups in total. The van der Waals surface area contributed by atoms with Crippen molar-refractivity contribution in [3.63, 3.8) is 0 Å². The summed E-state index contributed by atoms with van der Waals surface area (Å²) in [6.07, 6.45) is 0. The van der Waals surface area contributed by atoms with Crippen LogP contribution in [-0.4, -0.2) is 22.2 Å². The normalized spacial score (nSPS) is 9.00. The molecule has 4 nitrogen and oxygen atoms in total. The second-order valence-electron chi connectivity index (χ2n) is 3.16. The molecule has 0 bridgehead atoms. The lowest BCUT2D eigenvalue weighted by Crippen LogP contribution is -2.03. The van der Waals surface area contributed by atoms with Crippen LogP contribution in [0.15, 0.2) is 30.3 Å². The molecule has 0 saturated heterocycles. The average Bonchev–Trinajstić information content (AvgIpc) is 2.20. The third-order valence-electron chi connectivity index (χ3n) is 1.51. The summed E-state index contributed by atoms with van der Waals surface area (Å²) in [5.74, 6) is -1.85. The summed E-state index contributed by atoms with van der Waals surface area (Å²) in [7, 11) is 0. The number of carboxylic acids is 2. The highest BCUT2D eigenvalue weighted by Crippen LogP contribution is 1.96. The summed E-state index contributed by atoms with van der Waals surface area (Å²) in [5, 5.41) is 16.4. The van der Waals surface area contributed by atoms with Gasteiger partial charge in [0.05, 0.1) is 11.5 Å². The fourth-order valence-electron chi connectivity index (χ4n) is 0.581. The molecule has 0 atom stereocenters. The zero-order valence-electron chi connectivity index (χ0n) is 8.68. The van der Waals surface area contributed by atoms with E-state index in [1.54, 1.807) is 44.2 Å². The Kier molecular flexibility index (Phi) is 5.78. The Labute approximate surface area is 88.2 Å². The van der Waals surface area contributed by atoms with E-state index in [2.05, 4.69) is 0 Å². The van der Waals surface area contributed by atoms with Crippen molar-refractivity contribution in [1.82, 2.24) is 0 Å². The molecule has 15 heavy (non-hydrogen) atoms. The summed E-state index contributed by atoms with van der Waals surface area (Å²) in [5.41, 5.74) is 0.331. The molecule has 1 aromatic carbocycles. The molecule has 0 aliphatic heterocycles. The van der Waals surface area contributed by atoms with Crippen LogP contribution in [0.1, 0.15) is 24.2 Å². The standard InChI is InChI=1S/C7H6O2.C4H8O2/c8-7(9)6-4-2-1-3-5-6;1-3(2)4(5)6/h1-5H,(H,8,9);3H,1-2H3,(H,5,6). The minimum atomic E-state index is -0.879. The van der Waals surface area contributed by atoms with Crippen molar-refractivity contribution in [3.8, 4) is 0 Å². The van der Waals surface area contributed by atoms with Gasteiger partial charge in [0.25, 0.3) is 0 Å². The average molecular weight is 210 g/mol. The van der Waals surface area contributed by atoms with Gasteiger partial charge < -0.3 is 10.2 Å². The molecule has 1 rings (SSSR count). The predicted molar refractivity (Wildman–Crippen MR) is 55.9 cm³/mol. The summed E-state index contributed by atoms with van der Waals surface area (Å²) in [6.45, 7) is 3.28. The second kappa shape index (κ2) is 6.59. The van der Waals surface area contributed by atoms with Crippen molar-refractivity contribution in [2.75, 3.05) is 0 Å². The maximum atomic E-state index is 10.2. The van der Waals surface area contributed by atoms with Gasteiger partial charge in [-0.3, -0.25) is 4.79 Å². The van der Waals surface area contributed by atoms with Gasteiger partial charge in [0.2, 0.25) is 0 Å². The molecule has 0 aliphatic rings. The first-order chi connectivity index (χ1) is 6.95. The Morgan fingerprint density at radius 1 is 1.07 bits per heavy atom. The summed E-state index contributed by atoms with van der Waals surface area (Å²) >= 11 is 0. The van der Waals surface area contributed by atoms with E-state index < -0.39 is 11.9 Å². The van der Waals surface area contributed by atoms with Gasteiger partial charge in [-0.05, 0) is 12.1 Å². The van der Waals surface area contributed by atoms with Crippen LogP contribution in [0.5, 0.6) is 0 Å². The van der Waals surface area contributed by atoms with Gasteiger partial charge >= 0.3 is 11.9 Å². The van der Waals surface area contributed by atoms with E-state index in [-0.39, 0.29) is 5.92 Å². The van der Waals surface area contributed by atoms with Crippen LogP contribution in [0.4, 0.5) is 0 Å². The number of rotatable bonds is 2. The highest BCUT2D eigenvalue weighted by molar-refractivity contribution is 5.87. The van der Waals surface area contributed by atoms with E-state index in [0.717, 1.165) is 0 Å². The Morgan fingerprint density at radius 3 is 1.67 bits per heavy atom. The molecule has 4 heteroatoms. The van der Waals surface area contributed by atoms with Gasteiger partial charge in [0, 0.05) is 0 Å². The Hall–Kier alpha value is -1.84. The SMILES string of the molecule is CC(C)C(=O)O.O=C(O)c1ccccc1. The van der Waals surface area contributed by atoms with Crippen molar-refractivity contribution in [1.29, 1.82) is 0 Å². The zero-order valence-corrected chi connectivity index (χ0v) is 8.68. The van der Waals surface area contributed by atoms with Crippen molar-refractivity contribution >= 4 is 11.9 Å². The second-order valence-corrected chi connectivity index (χ2v) is 3.16. The minimum absolute atomic E-state index is 0.231. The fourth-order valence-corrected chi connectivity index (χ4v) is 0.581. The maximum Gasteiger partial charge on any atom is 0.335 e. The number of hydrogen-bond acceptors (Lipinski definition) is 2. The van der Waals surface area contributed by atoms with Crippen LogP contribution in [-0.2, 0) is 4.79 Å². The van der Waals surface area contributed by atoms with Crippen LogP contribution < -0.4 is 0 Å². The molecule has 0 aliphatic carbocycles. The smallest absolute Gasteiger partial charge is 0.335 e. The Balaban J connectivity index is 0.000000288. The summed E-state index contributed by atoms with van der Waals surface area (Å²) < 4.78 is 0. The lowest BCUT2D eigenvalue weighted by molar-refractivity contribution is -0.140. The van der Waals surface area contributed by atoms with E-state index in [1.807, 2.05) is 0 Å². The van der Waals surface area contributed by atoms with E-state index in [0.29, 0.717) is 5.56 Å². The molecular formula is C11H14O4. The number of benzene rings is 1. The summed E-state index contributed by atoms with van der Waals surface area (Å²) in [4.78, 5) is 19.9. The van der Waals surface area contributed by atoms with Crippen molar-refractivity contribution in [3.05, 3.63) is 35.9 Å². The topological polar surface area (TPSA) is 74.6 Å². The van der Waals surface area contributed by atoms with Crippen LogP contribution in [0.2, 0.25) is 0 Å². The minimum Gasteiger partial charge on any atom is -0.481 e. The summed E-state index contributed by atoms with van der Waals surface area (Å²) in [6, 6.07) is 8.30. The van der Waals surface area contributed by atoms with Crippen molar-refractivity contribution < 1.29 is 19.8 Å². The Morgan fingerprint density at radius 2 is 1.47 bits per heavy atom. The van der Waals surface area contributed by atoms with Gasteiger partial charge in [0.15, 0.2) is 0 Å². The van der Waals surface area contributed by atoms with Gasteiger partial charge in [-0.2, -0.15) is 0 Å². The van der Waals surface area contributed by atoms with Crippen LogP contribution in [0.3, 0.4) is 0 Å². The lowest BCUT2D eigenvalue weighted by atomic mass is 10.2. The molecular weight excluding hydrogens is 196 g/mol. The van der Waals surface area contributed by atoms with Crippen LogP contribution >= 0.6 is 0 Å². The molecule has 0 radical (unpaired) electrons. The van der Waals surface area contributed by atoms with E-state index in [4.69, 9.17) is 10.2 Å². The van der Waals surface area contributed by atoms with Gasteiger partial charge in [-0.25, -0.2) is 4.79 Å². The maximum absolute atomic E-state index is 10.2. The third-order valence-corrected chi connectivity index (χ3v) is 1.51. The number of aromatic carboxylic acids is 1. The van der Waals surface area contributed by atoms with Crippen LogP contribution in [0, 0.1) is 5.92 Å². The highest BCUT2D eigenvalue weighted by Gasteiger charge is 1.99. The third kappa shape index (κ3) is 6.26. The lowest BCUT2D eigenvalue weighted by Gasteiger charge is -1.89. The molecule has 0 amide bonds. The van der Waals surface area contributed by atoms with E-state index in [1.165, 1.54) is 0 Å². The largest absolute Gasteiger partial charge is 0.481 e. The van der Waals surface area contributed by atoms with Gasteiger partial charge in [0.1, 0.15) is 0 Å². The van der Waals surface area contributed by atoms with Gasteiger partial charge in [-0.15, -0.1) is 0 Å².